The molecule has 0 atom stereocenters. The maximum atomic E-state index is 12.9. The molecule has 0 radical (unpaired) electrons. The van der Waals surface area contributed by atoms with Crippen molar-refractivity contribution in [1.82, 2.24) is 4.90 Å². The first-order valence-electron chi connectivity index (χ1n) is 11.6. The van der Waals surface area contributed by atoms with Gasteiger partial charge in [-0.3, -0.25) is 4.79 Å². The van der Waals surface area contributed by atoms with E-state index in [0.717, 1.165) is 29.2 Å². The van der Waals surface area contributed by atoms with E-state index in [0.29, 0.717) is 0 Å². The van der Waals surface area contributed by atoms with Crippen molar-refractivity contribution in [1.29, 1.82) is 0 Å². The zero-order chi connectivity index (χ0) is 22.5. The Kier molecular flexibility index (Phi) is 5.40. The molecule has 1 amide bonds. The first-order chi connectivity index (χ1) is 15.5. The molecule has 32 heavy (non-hydrogen) atoms. The van der Waals surface area contributed by atoms with Gasteiger partial charge in [0.2, 0.25) is 0 Å². The highest BCUT2D eigenvalue weighted by Crippen LogP contribution is 2.62. The van der Waals surface area contributed by atoms with Gasteiger partial charge in [-0.05, 0) is 79.9 Å². The third-order valence-electron chi connectivity index (χ3n) is 8.03. The summed E-state index contributed by atoms with van der Waals surface area (Å²) >= 11 is 0. The summed E-state index contributed by atoms with van der Waals surface area (Å²) in [6.45, 7) is 0.143. The number of hydrogen-bond acceptors (Lipinski definition) is 6. The van der Waals surface area contributed by atoms with Crippen molar-refractivity contribution in [3.8, 4) is 5.75 Å². The number of nitrogens with zero attached hydrogens (tertiary/aromatic N) is 1. The Labute approximate surface area is 188 Å². The molecule has 0 saturated heterocycles. The number of hydrogen-bond donors (Lipinski definition) is 2. The minimum atomic E-state index is -0.531. The Morgan fingerprint density at radius 1 is 1.16 bits per heavy atom. The molecule has 0 aromatic heterocycles. The summed E-state index contributed by atoms with van der Waals surface area (Å²) in [6, 6.07) is 5.99. The van der Waals surface area contributed by atoms with Crippen LogP contribution in [-0.2, 0) is 19.7 Å². The van der Waals surface area contributed by atoms with Gasteiger partial charge in [0.25, 0.3) is 5.91 Å². The van der Waals surface area contributed by atoms with E-state index in [-0.39, 0.29) is 42.3 Å². The topological polar surface area (TPSA) is 88.1 Å². The van der Waals surface area contributed by atoms with E-state index in [4.69, 9.17) is 9.47 Å². The van der Waals surface area contributed by atoms with E-state index < -0.39 is 5.97 Å². The number of aliphatic hydroxyl groups excluding tert-OH is 1. The zero-order valence-corrected chi connectivity index (χ0v) is 18.9. The van der Waals surface area contributed by atoms with Crippen LogP contribution in [0.25, 0.3) is 0 Å². The second-order valence-electron chi connectivity index (χ2n) is 10.0. The van der Waals surface area contributed by atoms with Gasteiger partial charge in [0.05, 0.1) is 32.9 Å². The fourth-order valence-electron chi connectivity index (χ4n) is 7.13. The first kappa shape index (κ1) is 21.3. The van der Waals surface area contributed by atoms with Gasteiger partial charge >= 0.3 is 5.97 Å². The van der Waals surface area contributed by atoms with Crippen LogP contribution < -0.4 is 10.1 Å². The zero-order valence-electron chi connectivity index (χ0n) is 18.9. The van der Waals surface area contributed by atoms with E-state index in [1.807, 2.05) is 12.1 Å². The van der Waals surface area contributed by atoms with Gasteiger partial charge in [0, 0.05) is 17.8 Å². The van der Waals surface area contributed by atoms with E-state index >= 15 is 0 Å². The normalized spacial score (nSPS) is 30.8. The van der Waals surface area contributed by atoms with Gasteiger partial charge in [-0.1, -0.05) is 0 Å². The number of aliphatic hydroxyl groups is 1. The number of ether oxygens (including phenoxy) is 2. The van der Waals surface area contributed by atoms with Crippen molar-refractivity contribution in [2.45, 2.75) is 43.9 Å². The lowest BCUT2D eigenvalue weighted by Crippen LogP contribution is -2.48. The fraction of sp³-hybridized carbons (Fsp3) is 0.600. The highest BCUT2D eigenvalue weighted by Gasteiger charge is 2.52. The Bertz CT molecular complexity index is 934. The van der Waals surface area contributed by atoms with Crippen LogP contribution in [0.15, 0.2) is 29.5 Å². The number of methoxy groups -OCH3 is 2. The van der Waals surface area contributed by atoms with Crippen molar-refractivity contribution in [2.75, 3.05) is 39.2 Å². The first-order valence-corrected chi connectivity index (χ1v) is 11.6. The highest BCUT2D eigenvalue weighted by atomic mass is 16.5. The number of carbonyl (C=O) groups is 2. The monoisotopic (exact) mass is 440 g/mol. The number of β-amino-alcohol motifs (C(OH)–C–C–N with tert-alkyl or cyclic N) is 1. The lowest BCUT2D eigenvalue weighted by Gasteiger charge is -2.57. The van der Waals surface area contributed by atoms with Gasteiger partial charge in [-0.25, -0.2) is 4.79 Å². The molecule has 4 bridgehead atoms. The van der Waals surface area contributed by atoms with Crippen LogP contribution in [0.3, 0.4) is 0 Å². The van der Waals surface area contributed by atoms with Crippen LogP contribution in [0.4, 0.5) is 5.69 Å². The number of nitrogens with one attached hydrogen (secondary N) is 1. The molecule has 0 unspecified atom stereocenters. The second kappa shape index (κ2) is 8.10. The smallest absolute Gasteiger partial charge is 0.337 e. The van der Waals surface area contributed by atoms with Crippen molar-refractivity contribution >= 4 is 17.6 Å². The largest absolute Gasteiger partial charge is 0.496 e. The number of carbonyl (C=O) groups excluding carboxylic acids is 2. The predicted molar refractivity (Wildman–Crippen MR) is 119 cm³/mol. The van der Waals surface area contributed by atoms with Crippen LogP contribution in [0.2, 0.25) is 0 Å². The SMILES string of the molecule is COC(=O)C1=C(Nc2ccc(OC)c(C34CC5CC(CC(C5)C3)C4)c2)C(=O)N(CCO)C1. The van der Waals surface area contributed by atoms with Gasteiger partial charge in [-0.15, -0.1) is 0 Å². The molecule has 1 heterocycles. The van der Waals surface area contributed by atoms with E-state index in [1.165, 1.54) is 56.1 Å². The number of rotatable bonds is 7. The summed E-state index contributed by atoms with van der Waals surface area (Å²) in [5, 5.41) is 12.5. The maximum absolute atomic E-state index is 12.9. The summed E-state index contributed by atoms with van der Waals surface area (Å²) in [4.78, 5) is 26.7. The third kappa shape index (κ3) is 3.47. The average molecular weight is 441 g/mol. The molecule has 7 nitrogen and oxygen atoms in total. The Hall–Kier alpha value is -2.54. The quantitative estimate of drug-likeness (QED) is 0.634. The van der Waals surface area contributed by atoms with E-state index in [2.05, 4.69) is 11.4 Å². The van der Waals surface area contributed by atoms with Crippen molar-refractivity contribution in [3.63, 3.8) is 0 Å². The molecule has 4 saturated carbocycles. The lowest BCUT2D eigenvalue weighted by atomic mass is 9.48. The van der Waals surface area contributed by atoms with Crippen molar-refractivity contribution in [3.05, 3.63) is 35.0 Å². The molecule has 1 aromatic carbocycles. The second-order valence-corrected chi connectivity index (χ2v) is 10.0. The van der Waals surface area contributed by atoms with Gasteiger partial charge in [0.1, 0.15) is 11.4 Å². The van der Waals surface area contributed by atoms with Gasteiger partial charge in [0.15, 0.2) is 0 Å². The standard InChI is InChI=1S/C25H32N2O5/c1-31-21-4-3-18(26-22-19(24(30)32-2)14-27(5-6-28)23(22)29)10-20(21)25-11-15-7-16(12-25)9-17(8-15)13-25/h3-4,10,15-17,26,28H,5-9,11-14H2,1-2H3. The number of esters is 1. The third-order valence-corrected chi connectivity index (χ3v) is 8.03. The molecule has 6 rings (SSSR count). The predicted octanol–water partition coefficient (Wildman–Crippen LogP) is 2.84. The molecule has 4 aliphatic carbocycles. The minimum Gasteiger partial charge on any atom is -0.496 e. The van der Waals surface area contributed by atoms with Crippen molar-refractivity contribution < 1.29 is 24.2 Å². The minimum absolute atomic E-state index is 0.131. The molecule has 1 aliphatic heterocycles. The lowest BCUT2D eigenvalue weighted by molar-refractivity contribution is -0.136. The van der Waals surface area contributed by atoms with Crippen LogP contribution in [-0.4, -0.2) is 55.8 Å². The van der Waals surface area contributed by atoms with Gasteiger partial charge < -0.3 is 24.8 Å². The number of benzene rings is 1. The summed E-state index contributed by atoms with van der Waals surface area (Å²) in [5.74, 6) is 2.49. The summed E-state index contributed by atoms with van der Waals surface area (Å²) in [7, 11) is 3.03. The van der Waals surface area contributed by atoms with Crippen LogP contribution >= 0.6 is 0 Å². The van der Waals surface area contributed by atoms with Gasteiger partial charge in [-0.2, -0.15) is 0 Å². The Morgan fingerprint density at radius 2 is 1.81 bits per heavy atom. The molecular weight excluding hydrogens is 408 g/mol. The van der Waals surface area contributed by atoms with Crippen LogP contribution in [0.1, 0.15) is 44.1 Å². The summed E-state index contributed by atoms with van der Waals surface area (Å²) in [5.41, 5.74) is 2.65. The molecular formula is C25H32N2O5. The number of amides is 1. The van der Waals surface area contributed by atoms with E-state index in [9.17, 15) is 14.7 Å². The Morgan fingerprint density at radius 3 is 2.38 bits per heavy atom. The van der Waals surface area contributed by atoms with E-state index in [1.54, 1.807) is 7.11 Å². The van der Waals surface area contributed by atoms with Crippen LogP contribution in [0, 0.1) is 17.8 Å². The molecule has 0 spiro atoms. The Balaban J connectivity index is 1.49. The average Bonchev–Trinajstić information content (AvgIpc) is 3.08. The highest BCUT2D eigenvalue weighted by molar-refractivity contribution is 6.08. The summed E-state index contributed by atoms with van der Waals surface area (Å²) < 4.78 is 10.7. The van der Waals surface area contributed by atoms with Crippen molar-refractivity contribution in [2.24, 2.45) is 17.8 Å². The molecule has 2 N–H and O–H groups in total. The molecule has 1 aromatic rings. The molecule has 5 aliphatic rings. The molecule has 4 fully saturated rings. The fourth-order valence-corrected chi connectivity index (χ4v) is 7.13. The molecule has 172 valence electrons. The maximum Gasteiger partial charge on any atom is 0.337 e. The summed E-state index contributed by atoms with van der Waals surface area (Å²) in [6.07, 6.45) is 7.71. The number of anilines is 1. The molecule has 7 heteroatoms. The van der Waals surface area contributed by atoms with Crippen LogP contribution in [0.5, 0.6) is 5.75 Å².